The van der Waals surface area contributed by atoms with E-state index in [2.05, 4.69) is 38.6 Å². The number of amides is 1. The van der Waals surface area contributed by atoms with Gasteiger partial charge in [0.2, 0.25) is 5.91 Å². The highest BCUT2D eigenvalue weighted by atomic mass is 16.2. The summed E-state index contributed by atoms with van der Waals surface area (Å²) in [6.45, 7) is 9.73. The number of fused-ring (bicyclic) bond motifs is 3. The van der Waals surface area contributed by atoms with Crippen LogP contribution >= 0.6 is 0 Å². The lowest BCUT2D eigenvalue weighted by molar-refractivity contribution is -0.125. The Hall–Kier alpha value is -1.57. The molecule has 0 unspecified atom stereocenters. The molecule has 0 radical (unpaired) electrons. The summed E-state index contributed by atoms with van der Waals surface area (Å²) in [5, 5.41) is 0. The zero-order valence-corrected chi connectivity index (χ0v) is 13.0. The van der Waals surface area contributed by atoms with E-state index >= 15 is 0 Å². The molecule has 2 fully saturated rings. The molecule has 0 N–H and O–H groups in total. The molecule has 0 aromatic heterocycles. The number of nitrogens with zero attached hydrogens (tertiary/aromatic N) is 1. The van der Waals surface area contributed by atoms with Crippen LogP contribution in [0, 0.1) is 16.7 Å². The Balaban J connectivity index is 1.72. The van der Waals surface area contributed by atoms with Crippen molar-refractivity contribution in [1.82, 2.24) is 0 Å². The third-order valence-electron chi connectivity index (χ3n) is 6.43. The average Bonchev–Trinajstić information content (AvgIpc) is 3.14. The fourth-order valence-electron chi connectivity index (χ4n) is 4.93. The number of carbonyl (C=O) groups is 1. The minimum atomic E-state index is -0.286. The first kappa shape index (κ1) is 13.1. The second kappa shape index (κ2) is 4.00. The van der Waals surface area contributed by atoms with Crippen LogP contribution < -0.4 is 4.90 Å². The van der Waals surface area contributed by atoms with Gasteiger partial charge < -0.3 is 4.90 Å². The maximum Gasteiger partial charge on any atom is 0.237 e. The van der Waals surface area contributed by atoms with E-state index in [-0.39, 0.29) is 10.8 Å². The number of benzene rings is 1. The van der Waals surface area contributed by atoms with Crippen LogP contribution in [0.2, 0.25) is 0 Å². The van der Waals surface area contributed by atoms with Crippen molar-refractivity contribution in [2.24, 2.45) is 16.7 Å². The van der Waals surface area contributed by atoms with Crippen molar-refractivity contribution in [1.29, 1.82) is 0 Å². The zero-order chi connectivity index (χ0) is 14.8. The van der Waals surface area contributed by atoms with Crippen LogP contribution in [0.5, 0.6) is 0 Å². The Kier molecular flexibility index (Phi) is 2.50. The van der Waals surface area contributed by atoms with E-state index in [4.69, 9.17) is 0 Å². The molecule has 0 spiro atoms. The lowest BCUT2D eigenvalue weighted by atomic mass is 9.68. The van der Waals surface area contributed by atoms with Crippen molar-refractivity contribution in [2.45, 2.75) is 39.5 Å². The average molecular weight is 281 g/mol. The molecule has 3 aliphatic rings. The van der Waals surface area contributed by atoms with E-state index in [1.165, 1.54) is 17.6 Å². The molecule has 2 heteroatoms. The number of anilines is 1. The van der Waals surface area contributed by atoms with Gasteiger partial charge in [-0.05, 0) is 48.6 Å². The molecule has 2 saturated carbocycles. The quantitative estimate of drug-likeness (QED) is 0.714. The third-order valence-corrected chi connectivity index (χ3v) is 6.43. The highest BCUT2D eigenvalue weighted by Gasteiger charge is 2.62. The lowest BCUT2D eigenvalue weighted by Crippen LogP contribution is -2.43. The summed E-state index contributed by atoms with van der Waals surface area (Å²) >= 11 is 0. The first-order valence-electron chi connectivity index (χ1n) is 8.06. The molecule has 1 aromatic carbocycles. The van der Waals surface area contributed by atoms with E-state index in [0.717, 1.165) is 31.5 Å². The second-order valence-electron chi connectivity index (χ2n) is 7.56. The summed E-state index contributed by atoms with van der Waals surface area (Å²) in [6, 6.07) is 8.33. The monoisotopic (exact) mass is 281 g/mol. The number of rotatable bonds is 1. The number of carbonyl (C=O) groups excluding carboxylic acids is 1. The van der Waals surface area contributed by atoms with Crippen LogP contribution in [0.1, 0.15) is 38.7 Å². The molecule has 1 amide bonds. The number of para-hydroxylation sites is 1. The third kappa shape index (κ3) is 1.51. The first-order valence-corrected chi connectivity index (χ1v) is 8.06. The molecular formula is C19H23NO. The Morgan fingerprint density at radius 1 is 1.33 bits per heavy atom. The second-order valence-corrected chi connectivity index (χ2v) is 7.56. The van der Waals surface area contributed by atoms with Crippen molar-refractivity contribution < 1.29 is 4.79 Å². The molecule has 1 aromatic rings. The van der Waals surface area contributed by atoms with E-state index in [0.29, 0.717) is 11.8 Å². The van der Waals surface area contributed by atoms with Gasteiger partial charge >= 0.3 is 0 Å². The number of hydrogen-bond donors (Lipinski definition) is 0. The van der Waals surface area contributed by atoms with Gasteiger partial charge in [0, 0.05) is 12.2 Å². The Morgan fingerprint density at radius 3 is 2.81 bits per heavy atom. The SMILES string of the molecule is C=C1C(C)(C)[C@@H]2CC[C@]1(C(=O)N1CCc3ccccc31)C2. The van der Waals surface area contributed by atoms with E-state index in [1.54, 1.807) is 0 Å². The molecule has 0 saturated heterocycles. The van der Waals surface area contributed by atoms with E-state index in [1.807, 2.05) is 11.0 Å². The normalized spacial score (nSPS) is 32.6. The standard InChI is InChI=1S/C19H23NO/c1-13-18(2,3)15-8-10-19(13,12-15)17(21)20-11-9-14-6-4-5-7-16(14)20/h4-7,15H,1,8-12H2,2-3H3/t15-,19+/m1/s1. The smallest absolute Gasteiger partial charge is 0.237 e. The van der Waals surface area contributed by atoms with E-state index < -0.39 is 0 Å². The summed E-state index contributed by atoms with van der Waals surface area (Å²) in [5.41, 5.74) is 3.44. The molecule has 21 heavy (non-hydrogen) atoms. The Morgan fingerprint density at radius 2 is 2.10 bits per heavy atom. The van der Waals surface area contributed by atoms with E-state index in [9.17, 15) is 4.79 Å². The summed E-state index contributed by atoms with van der Waals surface area (Å²) in [7, 11) is 0. The molecule has 2 nitrogen and oxygen atoms in total. The van der Waals surface area contributed by atoms with Gasteiger partial charge in [-0.1, -0.05) is 44.2 Å². The van der Waals surface area contributed by atoms with Gasteiger partial charge in [0.1, 0.15) is 0 Å². The Bertz CT molecular complexity index is 645. The van der Waals surface area contributed by atoms with Gasteiger partial charge in [-0.25, -0.2) is 0 Å². The number of hydrogen-bond acceptors (Lipinski definition) is 1. The highest BCUT2D eigenvalue weighted by molar-refractivity contribution is 6.02. The predicted molar refractivity (Wildman–Crippen MR) is 85.2 cm³/mol. The molecule has 4 rings (SSSR count). The summed E-state index contributed by atoms with van der Waals surface area (Å²) in [6.07, 6.45) is 4.16. The van der Waals surface area contributed by atoms with Crippen molar-refractivity contribution in [2.75, 3.05) is 11.4 Å². The van der Waals surface area contributed by atoms with Crippen molar-refractivity contribution in [3.8, 4) is 0 Å². The Labute approximate surface area is 126 Å². The fraction of sp³-hybridized carbons (Fsp3) is 0.526. The van der Waals surface area contributed by atoms with Gasteiger partial charge in [0.15, 0.2) is 0 Å². The van der Waals surface area contributed by atoms with Gasteiger partial charge in [0.05, 0.1) is 5.41 Å². The van der Waals surface area contributed by atoms with Gasteiger partial charge in [-0.2, -0.15) is 0 Å². The topological polar surface area (TPSA) is 20.3 Å². The summed E-state index contributed by atoms with van der Waals surface area (Å²) < 4.78 is 0. The van der Waals surface area contributed by atoms with Crippen LogP contribution in [0.3, 0.4) is 0 Å². The summed E-state index contributed by atoms with van der Waals surface area (Å²) in [4.78, 5) is 15.4. The maximum atomic E-state index is 13.4. The molecule has 1 aliphatic heterocycles. The lowest BCUT2D eigenvalue weighted by Gasteiger charge is -2.39. The molecule has 2 atom stereocenters. The van der Waals surface area contributed by atoms with Crippen LogP contribution in [0.4, 0.5) is 5.69 Å². The minimum Gasteiger partial charge on any atom is -0.311 e. The van der Waals surface area contributed by atoms with Gasteiger partial charge in [-0.15, -0.1) is 0 Å². The van der Waals surface area contributed by atoms with Crippen molar-refractivity contribution in [3.63, 3.8) is 0 Å². The summed E-state index contributed by atoms with van der Waals surface area (Å²) in [5.74, 6) is 0.942. The van der Waals surface area contributed by atoms with Crippen LogP contribution in [-0.2, 0) is 11.2 Å². The maximum absolute atomic E-state index is 13.4. The van der Waals surface area contributed by atoms with Gasteiger partial charge in [-0.3, -0.25) is 4.79 Å². The molecule has 2 aliphatic carbocycles. The molecular weight excluding hydrogens is 258 g/mol. The first-order chi connectivity index (χ1) is 9.97. The van der Waals surface area contributed by atoms with Crippen LogP contribution in [0.15, 0.2) is 36.4 Å². The highest BCUT2D eigenvalue weighted by Crippen LogP contribution is 2.66. The largest absolute Gasteiger partial charge is 0.311 e. The zero-order valence-electron chi connectivity index (χ0n) is 13.0. The van der Waals surface area contributed by atoms with Crippen molar-refractivity contribution in [3.05, 3.63) is 42.0 Å². The molecule has 1 heterocycles. The van der Waals surface area contributed by atoms with Gasteiger partial charge in [0.25, 0.3) is 0 Å². The van der Waals surface area contributed by atoms with Crippen LogP contribution in [-0.4, -0.2) is 12.5 Å². The van der Waals surface area contributed by atoms with Crippen molar-refractivity contribution >= 4 is 11.6 Å². The van der Waals surface area contributed by atoms with Crippen LogP contribution in [0.25, 0.3) is 0 Å². The minimum absolute atomic E-state index is 0.118. The fourth-order valence-corrected chi connectivity index (χ4v) is 4.93. The molecule has 110 valence electrons. The molecule has 2 bridgehead atoms. The predicted octanol–water partition coefficient (Wildman–Crippen LogP) is 3.96.